The topological polar surface area (TPSA) is 40.5 Å². The molecule has 2 rings (SSSR count). The molecule has 104 valence electrons. The van der Waals surface area contributed by atoms with Crippen LogP contribution in [0.15, 0.2) is 42.5 Å². The van der Waals surface area contributed by atoms with Gasteiger partial charge in [0.25, 0.3) is 0 Å². The van der Waals surface area contributed by atoms with Crippen LogP contribution in [0.1, 0.15) is 11.1 Å². The van der Waals surface area contributed by atoms with E-state index < -0.39 is 12.9 Å². The van der Waals surface area contributed by atoms with Crippen LogP contribution < -0.4 is 5.46 Å². The molecule has 2 aromatic carbocycles. The maximum absolute atomic E-state index is 13.8. The average molecular weight is 311 g/mol. The molecule has 0 atom stereocenters. The molecular weight excluding hydrogens is 297 g/mol. The maximum atomic E-state index is 13.8. The molecule has 0 aliphatic carbocycles. The van der Waals surface area contributed by atoms with Gasteiger partial charge in [-0.25, -0.2) is 4.39 Å². The van der Waals surface area contributed by atoms with Crippen LogP contribution in [0.3, 0.4) is 0 Å². The third kappa shape index (κ3) is 3.99. The van der Waals surface area contributed by atoms with E-state index in [0.717, 1.165) is 11.6 Å². The summed E-state index contributed by atoms with van der Waals surface area (Å²) in [7, 11) is -1.64. The molecule has 0 bridgehead atoms. The molecule has 0 spiro atoms. The SMILES string of the molecule is OB(O)c1ccc(CSCc2ccccc2Cl)c(F)c1. The second-order valence-electron chi connectivity index (χ2n) is 4.31. The monoisotopic (exact) mass is 310 g/mol. The summed E-state index contributed by atoms with van der Waals surface area (Å²) < 4.78 is 13.8. The van der Waals surface area contributed by atoms with Gasteiger partial charge in [0.1, 0.15) is 5.82 Å². The molecule has 0 aliphatic rings. The van der Waals surface area contributed by atoms with Crippen molar-refractivity contribution in [3.05, 3.63) is 64.4 Å². The summed E-state index contributed by atoms with van der Waals surface area (Å²) in [5, 5.41) is 18.6. The van der Waals surface area contributed by atoms with E-state index in [-0.39, 0.29) is 5.46 Å². The molecular formula is C14H13BClFO2S. The van der Waals surface area contributed by atoms with Crippen LogP contribution in [0.25, 0.3) is 0 Å². The van der Waals surface area contributed by atoms with Crippen molar-refractivity contribution in [2.24, 2.45) is 0 Å². The lowest BCUT2D eigenvalue weighted by Gasteiger charge is -2.07. The van der Waals surface area contributed by atoms with Gasteiger partial charge in [0.05, 0.1) is 0 Å². The normalized spacial score (nSPS) is 10.6. The Labute approximate surface area is 126 Å². The zero-order valence-corrected chi connectivity index (χ0v) is 12.2. The summed E-state index contributed by atoms with van der Waals surface area (Å²) >= 11 is 7.60. The van der Waals surface area contributed by atoms with Gasteiger partial charge in [0, 0.05) is 16.5 Å². The summed E-state index contributed by atoms with van der Waals surface area (Å²) in [4.78, 5) is 0. The Morgan fingerprint density at radius 3 is 2.40 bits per heavy atom. The lowest BCUT2D eigenvalue weighted by Crippen LogP contribution is -2.30. The van der Waals surface area contributed by atoms with Gasteiger partial charge in [-0.2, -0.15) is 11.8 Å². The van der Waals surface area contributed by atoms with E-state index in [1.165, 1.54) is 6.07 Å². The minimum atomic E-state index is -1.64. The molecule has 0 unspecified atom stereocenters. The molecule has 0 saturated heterocycles. The summed E-state index contributed by atoms with van der Waals surface area (Å²) in [6, 6.07) is 11.8. The van der Waals surface area contributed by atoms with Crippen LogP contribution in [0.5, 0.6) is 0 Å². The largest absolute Gasteiger partial charge is 0.488 e. The first kappa shape index (κ1) is 15.4. The Balaban J connectivity index is 1.96. The zero-order chi connectivity index (χ0) is 14.5. The Hall–Kier alpha value is -1.01. The lowest BCUT2D eigenvalue weighted by atomic mass is 9.80. The third-order valence-corrected chi connectivity index (χ3v) is 4.25. The smallest absolute Gasteiger partial charge is 0.423 e. The summed E-state index contributed by atoms with van der Waals surface area (Å²) in [5.74, 6) is 0.768. The Morgan fingerprint density at radius 2 is 1.75 bits per heavy atom. The second kappa shape index (κ2) is 7.13. The highest BCUT2D eigenvalue weighted by atomic mass is 35.5. The first-order valence-electron chi connectivity index (χ1n) is 6.03. The average Bonchev–Trinajstić information content (AvgIpc) is 2.42. The van der Waals surface area contributed by atoms with E-state index >= 15 is 0 Å². The number of hydrogen-bond acceptors (Lipinski definition) is 3. The Morgan fingerprint density at radius 1 is 1.05 bits per heavy atom. The molecule has 0 heterocycles. The van der Waals surface area contributed by atoms with Crippen LogP contribution in [-0.4, -0.2) is 17.2 Å². The maximum Gasteiger partial charge on any atom is 0.488 e. The van der Waals surface area contributed by atoms with Gasteiger partial charge in [0.15, 0.2) is 0 Å². The Bertz CT molecular complexity index is 595. The highest BCUT2D eigenvalue weighted by molar-refractivity contribution is 7.97. The molecule has 0 saturated carbocycles. The van der Waals surface area contributed by atoms with Gasteiger partial charge in [-0.05, 0) is 28.7 Å². The number of hydrogen-bond donors (Lipinski definition) is 2. The molecule has 2 aromatic rings. The van der Waals surface area contributed by atoms with E-state index in [1.807, 2.05) is 24.3 Å². The zero-order valence-electron chi connectivity index (χ0n) is 10.6. The first-order valence-corrected chi connectivity index (χ1v) is 7.57. The van der Waals surface area contributed by atoms with Gasteiger partial charge in [-0.15, -0.1) is 0 Å². The second-order valence-corrected chi connectivity index (χ2v) is 5.70. The van der Waals surface area contributed by atoms with Crippen molar-refractivity contribution in [3.63, 3.8) is 0 Å². The fourth-order valence-electron chi connectivity index (χ4n) is 1.73. The highest BCUT2D eigenvalue weighted by Crippen LogP contribution is 2.23. The Kier molecular flexibility index (Phi) is 5.49. The van der Waals surface area contributed by atoms with Crippen molar-refractivity contribution in [2.45, 2.75) is 11.5 Å². The molecule has 2 N–H and O–H groups in total. The van der Waals surface area contributed by atoms with Gasteiger partial charge in [-0.1, -0.05) is 41.9 Å². The van der Waals surface area contributed by atoms with Crippen LogP contribution in [0, 0.1) is 5.82 Å². The van der Waals surface area contributed by atoms with E-state index in [0.29, 0.717) is 22.1 Å². The standard InChI is InChI=1S/C14H13BClFO2S/c16-13-4-2-1-3-10(13)8-20-9-11-5-6-12(15(18)19)7-14(11)17/h1-7,18-19H,8-9H2. The van der Waals surface area contributed by atoms with E-state index in [9.17, 15) is 4.39 Å². The van der Waals surface area contributed by atoms with Crippen molar-refractivity contribution >= 4 is 35.9 Å². The molecule has 0 radical (unpaired) electrons. The molecule has 2 nitrogen and oxygen atoms in total. The van der Waals surface area contributed by atoms with Gasteiger partial charge in [0.2, 0.25) is 0 Å². The third-order valence-electron chi connectivity index (χ3n) is 2.85. The number of thioether (sulfide) groups is 1. The van der Waals surface area contributed by atoms with Gasteiger partial charge in [-0.3, -0.25) is 0 Å². The molecule has 0 aromatic heterocycles. The van der Waals surface area contributed by atoms with Crippen molar-refractivity contribution < 1.29 is 14.4 Å². The van der Waals surface area contributed by atoms with E-state index in [2.05, 4.69) is 0 Å². The van der Waals surface area contributed by atoms with E-state index in [1.54, 1.807) is 17.8 Å². The van der Waals surface area contributed by atoms with Crippen LogP contribution in [0.2, 0.25) is 5.02 Å². The quantitative estimate of drug-likeness (QED) is 0.834. The fraction of sp³-hybridized carbons (Fsp3) is 0.143. The van der Waals surface area contributed by atoms with Crippen LogP contribution in [-0.2, 0) is 11.5 Å². The van der Waals surface area contributed by atoms with Crippen molar-refractivity contribution in [1.29, 1.82) is 0 Å². The minimum Gasteiger partial charge on any atom is -0.423 e. The molecule has 0 fully saturated rings. The van der Waals surface area contributed by atoms with Gasteiger partial charge < -0.3 is 10.0 Å². The van der Waals surface area contributed by atoms with Crippen molar-refractivity contribution in [1.82, 2.24) is 0 Å². The van der Waals surface area contributed by atoms with Gasteiger partial charge >= 0.3 is 7.12 Å². The number of halogens is 2. The fourth-order valence-corrected chi connectivity index (χ4v) is 3.04. The first-order chi connectivity index (χ1) is 9.58. The number of rotatable bonds is 5. The number of benzene rings is 2. The molecule has 6 heteroatoms. The minimum absolute atomic E-state index is 0.155. The van der Waals surface area contributed by atoms with Crippen molar-refractivity contribution in [3.8, 4) is 0 Å². The van der Waals surface area contributed by atoms with Crippen LogP contribution >= 0.6 is 23.4 Å². The van der Waals surface area contributed by atoms with E-state index in [4.69, 9.17) is 21.6 Å². The highest BCUT2D eigenvalue weighted by Gasteiger charge is 2.13. The predicted molar refractivity (Wildman–Crippen MR) is 82.7 cm³/mol. The lowest BCUT2D eigenvalue weighted by molar-refractivity contribution is 0.425. The predicted octanol–water partition coefficient (Wildman–Crippen LogP) is 2.59. The van der Waals surface area contributed by atoms with Crippen LogP contribution in [0.4, 0.5) is 4.39 Å². The summed E-state index contributed by atoms with van der Waals surface area (Å²) in [6.45, 7) is 0. The summed E-state index contributed by atoms with van der Waals surface area (Å²) in [6.07, 6.45) is 0. The molecule has 0 amide bonds. The molecule has 0 aliphatic heterocycles. The summed E-state index contributed by atoms with van der Waals surface area (Å²) in [5.41, 5.74) is 1.70. The van der Waals surface area contributed by atoms with Crippen molar-refractivity contribution in [2.75, 3.05) is 0 Å². The molecule has 20 heavy (non-hydrogen) atoms.